The van der Waals surface area contributed by atoms with Gasteiger partial charge in [-0.2, -0.15) is 13.2 Å². The lowest BCUT2D eigenvalue weighted by Gasteiger charge is -1.97. The molecule has 0 fully saturated rings. The van der Waals surface area contributed by atoms with Gasteiger partial charge in [-0.3, -0.25) is 0 Å². The monoisotopic (exact) mass is 134 g/mol. The van der Waals surface area contributed by atoms with E-state index in [0.29, 0.717) is 0 Å². The van der Waals surface area contributed by atoms with Gasteiger partial charge in [-0.1, -0.05) is 0 Å². The van der Waals surface area contributed by atoms with E-state index >= 15 is 0 Å². The van der Waals surface area contributed by atoms with Crippen LogP contribution in [-0.2, 0) is 0 Å². The molecule has 0 aliphatic heterocycles. The van der Waals surface area contributed by atoms with E-state index in [1.807, 2.05) is 0 Å². The molecule has 0 saturated heterocycles. The smallest absolute Gasteiger partial charge is 0.239 e. The Labute approximate surface area is 41.9 Å². The first-order valence-corrected chi connectivity index (χ1v) is 2.31. The SMILES string of the molecule is FCSC(F)(F)F. The minimum absolute atomic E-state index is 0.678. The molecule has 0 atom stereocenters. The molecule has 0 aromatic carbocycles. The lowest BCUT2D eigenvalue weighted by Crippen LogP contribution is -1.98. The molecular weight excluding hydrogens is 132 g/mol. The maximum Gasteiger partial charge on any atom is 0.444 e. The molecule has 0 heterocycles. The van der Waals surface area contributed by atoms with Crippen LogP contribution in [0.2, 0.25) is 0 Å². The number of alkyl halides is 4. The molecule has 7 heavy (non-hydrogen) atoms. The minimum Gasteiger partial charge on any atom is -0.239 e. The molecule has 0 aliphatic rings. The van der Waals surface area contributed by atoms with Gasteiger partial charge < -0.3 is 0 Å². The Morgan fingerprint density at radius 1 is 1.29 bits per heavy atom. The van der Waals surface area contributed by atoms with Crippen molar-refractivity contribution in [2.75, 3.05) is 6.01 Å². The molecule has 0 nitrogen and oxygen atoms in total. The summed E-state index contributed by atoms with van der Waals surface area (Å²) in [5.74, 6) is 0. The Morgan fingerprint density at radius 2 is 1.71 bits per heavy atom. The number of hydrogen-bond donors (Lipinski definition) is 0. The summed E-state index contributed by atoms with van der Waals surface area (Å²) in [6.45, 7) is 0. The summed E-state index contributed by atoms with van der Waals surface area (Å²) >= 11 is -0.678. The van der Waals surface area contributed by atoms with Crippen LogP contribution in [0.4, 0.5) is 17.6 Å². The first kappa shape index (κ1) is 7.07. The van der Waals surface area contributed by atoms with Gasteiger partial charge in [0.05, 0.1) is 0 Å². The van der Waals surface area contributed by atoms with E-state index in [1.165, 1.54) is 0 Å². The molecule has 0 amide bonds. The highest BCUT2D eigenvalue weighted by Crippen LogP contribution is 2.29. The number of hydrogen-bond acceptors (Lipinski definition) is 1. The Morgan fingerprint density at radius 3 is 1.71 bits per heavy atom. The summed E-state index contributed by atoms with van der Waals surface area (Å²) in [6.07, 6.45) is 0. The topological polar surface area (TPSA) is 0 Å². The first-order chi connectivity index (χ1) is 3.06. The molecular formula is C2H2F4S. The second kappa shape index (κ2) is 2.40. The average Bonchev–Trinajstić information content (AvgIpc) is 1.30. The zero-order valence-corrected chi connectivity index (χ0v) is 3.94. The van der Waals surface area contributed by atoms with Gasteiger partial charge in [0.1, 0.15) is 6.01 Å². The average molecular weight is 134 g/mol. The molecule has 5 heteroatoms. The molecule has 0 unspecified atom stereocenters. The molecule has 0 spiro atoms. The molecule has 0 aliphatic carbocycles. The maximum atomic E-state index is 10.8. The summed E-state index contributed by atoms with van der Waals surface area (Å²) in [5.41, 5.74) is -4.41. The van der Waals surface area contributed by atoms with E-state index in [2.05, 4.69) is 0 Å². The molecule has 0 rings (SSSR count). The fourth-order valence-electron chi connectivity index (χ4n) is 0.0619. The van der Waals surface area contributed by atoms with Crippen LogP contribution in [0.3, 0.4) is 0 Å². The molecule has 0 N–H and O–H groups in total. The fourth-order valence-corrected chi connectivity index (χ4v) is 0.186. The van der Waals surface area contributed by atoms with Crippen LogP contribution in [0.1, 0.15) is 0 Å². The van der Waals surface area contributed by atoms with Gasteiger partial charge in [-0.15, -0.1) is 0 Å². The van der Waals surface area contributed by atoms with Crippen LogP contribution in [0, 0.1) is 0 Å². The molecule has 0 radical (unpaired) electrons. The largest absolute Gasteiger partial charge is 0.444 e. The van der Waals surface area contributed by atoms with Crippen molar-refractivity contribution in [3.63, 3.8) is 0 Å². The second-order valence-electron chi connectivity index (χ2n) is 0.699. The minimum atomic E-state index is -4.41. The summed E-state index contributed by atoms with van der Waals surface area (Å²) in [4.78, 5) is 0. The zero-order valence-electron chi connectivity index (χ0n) is 3.13. The normalized spacial score (nSPS) is 12.0. The summed E-state index contributed by atoms with van der Waals surface area (Å²) < 4.78 is 43.1. The fraction of sp³-hybridized carbons (Fsp3) is 1.00. The molecule has 0 bridgehead atoms. The van der Waals surface area contributed by atoms with Crippen molar-refractivity contribution in [2.24, 2.45) is 0 Å². The summed E-state index contributed by atoms with van der Waals surface area (Å²) in [5, 5.41) is 0. The van der Waals surface area contributed by atoms with Gasteiger partial charge in [0.15, 0.2) is 0 Å². The van der Waals surface area contributed by atoms with Gasteiger partial charge in [0, 0.05) is 0 Å². The van der Waals surface area contributed by atoms with Crippen LogP contribution >= 0.6 is 11.8 Å². The van der Waals surface area contributed by atoms with Crippen LogP contribution in [0.25, 0.3) is 0 Å². The van der Waals surface area contributed by atoms with Crippen molar-refractivity contribution >= 4 is 11.8 Å². The molecule has 0 aromatic rings. The van der Waals surface area contributed by atoms with E-state index in [-0.39, 0.29) is 0 Å². The maximum absolute atomic E-state index is 10.8. The van der Waals surface area contributed by atoms with Crippen molar-refractivity contribution in [1.29, 1.82) is 0 Å². The zero-order chi connectivity index (χ0) is 5.91. The predicted octanol–water partition coefficient (Wildman–Crippen LogP) is 2.17. The second-order valence-corrected chi connectivity index (χ2v) is 1.67. The standard InChI is InChI=1S/C2H2F4S/c3-1-7-2(4,5)6/h1H2. The van der Waals surface area contributed by atoms with Crippen LogP contribution < -0.4 is 0 Å². The van der Waals surface area contributed by atoms with E-state index in [0.717, 1.165) is 0 Å². The highest BCUT2D eigenvalue weighted by molar-refractivity contribution is 7.99. The van der Waals surface area contributed by atoms with Crippen molar-refractivity contribution in [2.45, 2.75) is 5.51 Å². The highest BCUT2D eigenvalue weighted by atomic mass is 32.2. The van der Waals surface area contributed by atoms with Crippen LogP contribution in [0.15, 0.2) is 0 Å². The Balaban J connectivity index is 3.15. The van der Waals surface area contributed by atoms with Gasteiger partial charge in [0.2, 0.25) is 0 Å². The first-order valence-electron chi connectivity index (χ1n) is 1.33. The van der Waals surface area contributed by atoms with E-state index in [4.69, 9.17) is 0 Å². The third-order valence-electron chi connectivity index (χ3n) is 0.218. The highest BCUT2D eigenvalue weighted by Gasteiger charge is 2.27. The molecule has 0 aromatic heterocycles. The van der Waals surface area contributed by atoms with Crippen molar-refractivity contribution in [3.8, 4) is 0 Å². The summed E-state index contributed by atoms with van der Waals surface area (Å²) in [7, 11) is 0. The molecule has 0 saturated carbocycles. The van der Waals surface area contributed by atoms with Crippen molar-refractivity contribution < 1.29 is 17.6 Å². The van der Waals surface area contributed by atoms with Gasteiger partial charge >= 0.3 is 5.51 Å². The Kier molecular flexibility index (Phi) is 2.42. The Hall–Kier alpha value is 0.0700. The third-order valence-corrected chi connectivity index (χ3v) is 0.655. The number of halogens is 4. The van der Waals surface area contributed by atoms with E-state index in [1.54, 1.807) is 0 Å². The van der Waals surface area contributed by atoms with E-state index in [9.17, 15) is 17.6 Å². The third kappa shape index (κ3) is 6.07. The lowest BCUT2D eigenvalue weighted by atomic mass is 11.6. The number of rotatable bonds is 1. The number of thioether (sulfide) groups is 1. The predicted molar refractivity (Wildman–Crippen MR) is 19.6 cm³/mol. The van der Waals surface area contributed by atoms with Crippen molar-refractivity contribution in [1.82, 2.24) is 0 Å². The Bertz CT molecular complexity index is 48.1. The van der Waals surface area contributed by atoms with Crippen LogP contribution in [0.5, 0.6) is 0 Å². The quantitative estimate of drug-likeness (QED) is 0.495. The van der Waals surface area contributed by atoms with Gasteiger partial charge in [-0.25, -0.2) is 4.39 Å². The van der Waals surface area contributed by atoms with Crippen LogP contribution in [-0.4, -0.2) is 11.5 Å². The van der Waals surface area contributed by atoms with Gasteiger partial charge in [-0.05, 0) is 11.8 Å². The summed E-state index contributed by atoms with van der Waals surface area (Å²) in [6, 6.07) is -1.40. The molecule has 44 valence electrons. The van der Waals surface area contributed by atoms with E-state index < -0.39 is 23.3 Å². The van der Waals surface area contributed by atoms with Gasteiger partial charge in [0.25, 0.3) is 0 Å². The lowest BCUT2D eigenvalue weighted by molar-refractivity contribution is -0.0332. The van der Waals surface area contributed by atoms with Crippen molar-refractivity contribution in [3.05, 3.63) is 0 Å².